The largest absolute Gasteiger partial charge is 0.573 e. The third-order valence-electron chi connectivity index (χ3n) is 2.66. The number of carboxylic acid groups (broad SMARTS) is 1. The van der Waals surface area contributed by atoms with Gasteiger partial charge in [-0.3, -0.25) is 0 Å². The van der Waals surface area contributed by atoms with Crippen LogP contribution in [-0.4, -0.2) is 17.4 Å². The van der Waals surface area contributed by atoms with Gasteiger partial charge in [0.05, 0.1) is 5.56 Å². The number of rotatable bonds is 5. The standard InChI is InChI=1S/C15H11F3O4/c16-15(17,18)22-13-7-5-12(6-8-13)21-9-10-1-3-11(4-2-10)14(19)20/h1-8H,9H2,(H,19,20). The summed E-state index contributed by atoms with van der Waals surface area (Å²) in [7, 11) is 0. The lowest BCUT2D eigenvalue weighted by Gasteiger charge is -2.10. The molecule has 0 atom stereocenters. The van der Waals surface area contributed by atoms with Crippen molar-refractivity contribution in [1.29, 1.82) is 0 Å². The van der Waals surface area contributed by atoms with Crippen molar-refractivity contribution < 1.29 is 32.5 Å². The van der Waals surface area contributed by atoms with Gasteiger partial charge in [0.25, 0.3) is 0 Å². The van der Waals surface area contributed by atoms with Crippen LogP contribution in [0, 0.1) is 0 Å². The van der Waals surface area contributed by atoms with Crippen molar-refractivity contribution in [3.8, 4) is 11.5 Å². The van der Waals surface area contributed by atoms with E-state index in [1.165, 1.54) is 24.3 Å². The average molecular weight is 312 g/mol. The first-order chi connectivity index (χ1) is 10.3. The number of hydrogen-bond donors (Lipinski definition) is 1. The Morgan fingerprint density at radius 3 is 2.00 bits per heavy atom. The Bertz CT molecular complexity index is 633. The van der Waals surface area contributed by atoms with E-state index in [1.807, 2.05) is 0 Å². The molecule has 1 N–H and O–H groups in total. The molecule has 0 bridgehead atoms. The Hall–Kier alpha value is -2.70. The third-order valence-corrected chi connectivity index (χ3v) is 2.66. The fraction of sp³-hybridized carbons (Fsp3) is 0.133. The average Bonchev–Trinajstić information content (AvgIpc) is 2.45. The molecule has 116 valence electrons. The molecular formula is C15H11F3O4. The van der Waals surface area contributed by atoms with Gasteiger partial charge in [-0.05, 0) is 42.0 Å². The SMILES string of the molecule is O=C(O)c1ccc(COc2ccc(OC(F)(F)F)cc2)cc1. The van der Waals surface area contributed by atoms with Crippen LogP contribution >= 0.6 is 0 Å². The predicted molar refractivity (Wildman–Crippen MR) is 70.9 cm³/mol. The van der Waals surface area contributed by atoms with Crippen LogP contribution in [-0.2, 0) is 6.61 Å². The van der Waals surface area contributed by atoms with Gasteiger partial charge in [0.15, 0.2) is 0 Å². The van der Waals surface area contributed by atoms with Crippen molar-refractivity contribution >= 4 is 5.97 Å². The number of benzene rings is 2. The van der Waals surface area contributed by atoms with Crippen LogP contribution in [0.5, 0.6) is 11.5 Å². The van der Waals surface area contributed by atoms with Crippen LogP contribution in [0.25, 0.3) is 0 Å². The number of ether oxygens (including phenoxy) is 2. The Balaban J connectivity index is 1.92. The summed E-state index contributed by atoms with van der Waals surface area (Å²) in [6, 6.07) is 11.1. The quantitative estimate of drug-likeness (QED) is 0.911. The highest BCUT2D eigenvalue weighted by molar-refractivity contribution is 5.87. The molecule has 0 spiro atoms. The summed E-state index contributed by atoms with van der Waals surface area (Å²) in [5, 5.41) is 8.77. The molecule has 0 saturated heterocycles. The van der Waals surface area contributed by atoms with Gasteiger partial charge in [0.1, 0.15) is 18.1 Å². The molecule has 0 aliphatic heterocycles. The summed E-state index contributed by atoms with van der Waals surface area (Å²) in [4.78, 5) is 10.7. The smallest absolute Gasteiger partial charge is 0.489 e. The lowest BCUT2D eigenvalue weighted by atomic mass is 10.1. The van der Waals surface area contributed by atoms with E-state index in [4.69, 9.17) is 9.84 Å². The maximum atomic E-state index is 12.0. The molecule has 0 aromatic heterocycles. The van der Waals surface area contributed by atoms with E-state index in [2.05, 4.69) is 4.74 Å². The van der Waals surface area contributed by atoms with Gasteiger partial charge in [0, 0.05) is 0 Å². The first kappa shape index (κ1) is 15.7. The first-order valence-corrected chi connectivity index (χ1v) is 6.14. The molecule has 0 unspecified atom stereocenters. The van der Waals surface area contributed by atoms with Crippen molar-refractivity contribution in [1.82, 2.24) is 0 Å². The fourth-order valence-electron chi connectivity index (χ4n) is 1.65. The normalized spacial score (nSPS) is 11.0. The summed E-state index contributed by atoms with van der Waals surface area (Å²) < 4.78 is 45.2. The zero-order valence-electron chi connectivity index (χ0n) is 11.1. The van der Waals surface area contributed by atoms with E-state index in [-0.39, 0.29) is 17.9 Å². The van der Waals surface area contributed by atoms with Crippen LogP contribution in [0.4, 0.5) is 13.2 Å². The zero-order valence-corrected chi connectivity index (χ0v) is 11.1. The topological polar surface area (TPSA) is 55.8 Å². The molecular weight excluding hydrogens is 301 g/mol. The van der Waals surface area contributed by atoms with Crippen molar-refractivity contribution in [3.63, 3.8) is 0 Å². The van der Waals surface area contributed by atoms with Crippen molar-refractivity contribution in [3.05, 3.63) is 59.7 Å². The van der Waals surface area contributed by atoms with Crippen LogP contribution in [0.1, 0.15) is 15.9 Å². The molecule has 0 radical (unpaired) electrons. The highest BCUT2D eigenvalue weighted by Gasteiger charge is 2.30. The van der Waals surface area contributed by atoms with Crippen LogP contribution in [0.3, 0.4) is 0 Å². The van der Waals surface area contributed by atoms with E-state index in [1.54, 1.807) is 12.1 Å². The molecule has 0 aliphatic carbocycles. The van der Waals surface area contributed by atoms with E-state index in [0.29, 0.717) is 5.75 Å². The number of aromatic carboxylic acids is 1. The summed E-state index contributed by atoms with van der Waals surface area (Å²) in [6.07, 6.45) is -4.73. The van der Waals surface area contributed by atoms with Gasteiger partial charge in [-0.2, -0.15) is 0 Å². The Morgan fingerprint density at radius 2 is 1.50 bits per heavy atom. The van der Waals surface area contributed by atoms with Gasteiger partial charge in [-0.1, -0.05) is 12.1 Å². The highest BCUT2D eigenvalue weighted by Crippen LogP contribution is 2.25. The molecule has 22 heavy (non-hydrogen) atoms. The van der Waals surface area contributed by atoms with Gasteiger partial charge in [-0.15, -0.1) is 13.2 Å². The monoisotopic (exact) mass is 312 g/mol. The molecule has 2 rings (SSSR count). The summed E-state index contributed by atoms with van der Waals surface area (Å²) >= 11 is 0. The maximum absolute atomic E-state index is 12.0. The second kappa shape index (κ2) is 6.38. The molecule has 2 aromatic rings. The van der Waals surface area contributed by atoms with E-state index in [0.717, 1.165) is 17.7 Å². The van der Waals surface area contributed by atoms with Crippen LogP contribution < -0.4 is 9.47 Å². The van der Waals surface area contributed by atoms with E-state index in [9.17, 15) is 18.0 Å². The van der Waals surface area contributed by atoms with Gasteiger partial charge in [-0.25, -0.2) is 4.79 Å². The Labute approximate surface area is 123 Å². The van der Waals surface area contributed by atoms with E-state index >= 15 is 0 Å². The fourth-order valence-corrected chi connectivity index (χ4v) is 1.65. The second-order valence-corrected chi connectivity index (χ2v) is 4.31. The van der Waals surface area contributed by atoms with Gasteiger partial charge in [0.2, 0.25) is 0 Å². The second-order valence-electron chi connectivity index (χ2n) is 4.31. The number of halogens is 3. The van der Waals surface area contributed by atoms with Gasteiger partial charge < -0.3 is 14.6 Å². The molecule has 7 heteroatoms. The van der Waals surface area contributed by atoms with Crippen molar-refractivity contribution in [2.45, 2.75) is 13.0 Å². The lowest BCUT2D eigenvalue weighted by Crippen LogP contribution is -2.16. The first-order valence-electron chi connectivity index (χ1n) is 6.14. The molecule has 2 aromatic carbocycles. The van der Waals surface area contributed by atoms with E-state index < -0.39 is 12.3 Å². The van der Waals surface area contributed by atoms with Crippen LogP contribution in [0.2, 0.25) is 0 Å². The lowest BCUT2D eigenvalue weighted by molar-refractivity contribution is -0.274. The molecule has 0 fully saturated rings. The number of alkyl halides is 3. The predicted octanol–water partition coefficient (Wildman–Crippen LogP) is 3.86. The Kier molecular flexibility index (Phi) is 4.55. The zero-order chi connectivity index (χ0) is 16.2. The number of hydrogen-bond acceptors (Lipinski definition) is 3. The molecule has 0 heterocycles. The Morgan fingerprint density at radius 1 is 0.955 bits per heavy atom. The maximum Gasteiger partial charge on any atom is 0.573 e. The minimum Gasteiger partial charge on any atom is -0.489 e. The summed E-state index contributed by atoms with van der Waals surface area (Å²) in [6.45, 7) is 0.166. The molecule has 0 saturated carbocycles. The van der Waals surface area contributed by atoms with Crippen molar-refractivity contribution in [2.24, 2.45) is 0 Å². The van der Waals surface area contributed by atoms with Gasteiger partial charge >= 0.3 is 12.3 Å². The summed E-state index contributed by atoms with van der Waals surface area (Å²) in [5.74, 6) is -0.977. The number of carboxylic acids is 1. The molecule has 0 amide bonds. The number of carbonyl (C=O) groups is 1. The highest BCUT2D eigenvalue weighted by atomic mass is 19.4. The van der Waals surface area contributed by atoms with Crippen LogP contribution in [0.15, 0.2) is 48.5 Å². The third kappa shape index (κ3) is 4.69. The summed E-state index contributed by atoms with van der Waals surface area (Å²) in [5.41, 5.74) is 0.901. The minimum atomic E-state index is -4.73. The van der Waals surface area contributed by atoms with Crippen molar-refractivity contribution in [2.75, 3.05) is 0 Å². The minimum absolute atomic E-state index is 0.164. The molecule has 0 aliphatic rings. The molecule has 4 nitrogen and oxygen atoms in total.